The summed E-state index contributed by atoms with van der Waals surface area (Å²) in [5.74, 6) is -1.07. The van der Waals surface area contributed by atoms with Crippen LogP contribution in [0.1, 0.15) is 39.0 Å². The number of carboxylic acid groups (broad SMARTS) is 1. The summed E-state index contributed by atoms with van der Waals surface area (Å²) >= 11 is 0. The number of hydrogen-bond acceptors (Lipinski definition) is 4. The van der Waals surface area contributed by atoms with E-state index in [0.717, 1.165) is 30.4 Å². The topological polar surface area (TPSA) is 101 Å². The molecular weight excluding hydrogens is 294 g/mol. The van der Waals surface area contributed by atoms with Crippen LogP contribution in [0.15, 0.2) is 17.3 Å². The summed E-state index contributed by atoms with van der Waals surface area (Å²) in [6, 6.07) is 0. The number of carbonyl (C=O) groups is 1. The van der Waals surface area contributed by atoms with Gasteiger partial charge < -0.3 is 5.11 Å². The minimum absolute atomic E-state index is 0.00236. The molecule has 1 aromatic rings. The summed E-state index contributed by atoms with van der Waals surface area (Å²) in [4.78, 5) is 10.6. The standard InChI is InChI=1S/C13H21N3O4S/c1-13(5-3-2-4-6-13)10-15-21(19,20)11-7-14-16(8-11)9-12(17)18/h7-8,15H,2-6,9-10H2,1H3,(H,17,18). The maximum atomic E-state index is 12.2. The van der Waals surface area contributed by atoms with Gasteiger partial charge in [-0.3, -0.25) is 9.48 Å². The van der Waals surface area contributed by atoms with E-state index < -0.39 is 16.0 Å². The molecule has 0 bridgehead atoms. The minimum atomic E-state index is -3.64. The summed E-state index contributed by atoms with van der Waals surface area (Å²) in [7, 11) is -3.64. The molecule has 1 aromatic heterocycles. The maximum Gasteiger partial charge on any atom is 0.325 e. The molecule has 21 heavy (non-hydrogen) atoms. The van der Waals surface area contributed by atoms with Crippen molar-refractivity contribution in [1.82, 2.24) is 14.5 Å². The van der Waals surface area contributed by atoms with Gasteiger partial charge in [0.25, 0.3) is 0 Å². The van der Waals surface area contributed by atoms with Crippen LogP contribution in [-0.2, 0) is 21.4 Å². The van der Waals surface area contributed by atoms with Crippen LogP contribution in [-0.4, -0.2) is 35.8 Å². The van der Waals surface area contributed by atoms with Crippen molar-refractivity contribution in [3.05, 3.63) is 12.4 Å². The quantitative estimate of drug-likeness (QED) is 0.822. The average molecular weight is 315 g/mol. The summed E-state index contributed by atoms with van der Waals surface area (Å²) in [6.07, 6.45) is 7.93. The molecule has 7 nitrogen and oxygen atoms in total. The summed E-state index contributed by atoms with van der Waals surface area (Å²) in [5.41, 5.74) is 0.00236. The maximum absolute atomic E-state index is 12.2. The Morgan fingerprint density at radius 3 is 2.71 bits per heavy atom. The molecule has 0 aromatic carbocycles. The lowest BCUT2D eigenvalue weighted by molar-refractivity contribution is -0.137. The molecule has 0 radical (unpaired) electrons. The fourth-order valence-electron chi connectivity index (χ4n) is 2.64. The summed E-state index contributed by atoms with van der Waals surface area (Å²) in [5, 5.41) is 12.4. The molecule has 1 fully saturated rings. The van der Waals surface area contributed by atoms with Crippen molar-refractivity contribution >= 4 is 16.0 Å². The van der Waals surface area contributed by atoms with Crippen LogP contribution in [0.3, 0.4) is 0 Å². The van der Waals surface area contributed by atoms with Crippen LogP contribution >= 0.6 is 0 Å². The molecule has 0 spiro atoms. The Balaban J connectivity index is 2.01. The zero-order valence-corrected chi connectivity index (χ0v) is 12.9. The first-order chi connectivity index (χ1) is 9.81. The van der Waals surface area contributed by atoms with Crippen molar-refractivity contribution in [3.63, 3.8) is 0 Å². The molecule has 1 saturated carbocycles. The van der Waals surface area contributed by atoms with Crippen molar-refractivity contribution in [1.29, 1.82) is 0 Å². The highest BCUT2D eigenvalue weighted by molar-refractivity contribution is 7.89. The molecule has 0 aliphatic heterocycles. The van der Waals surface area contributed by atoms with Crippen molar-refractivity contribution < 1.29 is 18.3 Å². The predicted octanol–water partition coefficient (Wildman–Crippen LogP) is 1.22. The van der Waals surface area contributed by atoms with Crippen LogP contribution < -0.4 is 4.72 Å². The Kier molecular flexibility index (Phi) is 4.67. The smallest absolute Gasteiger partial charge is 0.325 e. The number of aromatic nitrogens is 2. The average Bonchev–Trinajstić information content (AvgIpc) is 2.86. The molecule has 1 heterocycles. The van der Waals surface area contributed by atoms with E-state index in [9.17, 15) is 13.2 Å². The third-order valence-corrected chi connectivity index (χ3v) is 5.32. The number of nitrogens with zero attached hydrogens (tertiary/aromatic N) is 2. The van der Waals surface area contributed by atoms with Gasteiger partial charge >= 0.3 is 5.97 Å². The molecule has 118 valence electrons. The van der Waals surface area contributed by atoms with Crippen LogP contribution in [0, 0.1) is 5.41 Å². The highest BCUT2D eigenvalue weighted by Gasteiger charge is 2.29. The summed E-state index contributed by atoms with van der Waals surface area (Å²) in [6.45, 7) is 2.15. The molecule has 1 aliphatic rings. The van der Waals surface area contributed by atoms with Crippen LogP contribution in [0.2, 0.25) is 0 Å². The van der Waals surface area contributed by atoms with Gasteiger partial charge in [-0.2, -0.15) is 5.10 Å². The third-order valence-electron chi connectivity index (χ3n) is 3.97. The van der Waals surface area contributed by atoms with Crippen LogP contribution in [0.5, 0.6) is 0 Å². The molecule has 8 heteroatoms. The van der Waals surface area contributed by atoms with E-state index in [0.29, 0.717) is 6.54 Å². The number of rotatable bonds is 6. The van der Waals surface area contributed by atoms with Gasteiger partial charge in [-0.05, 0) is 18.3 Å². The van der Waals surface area contributed by atoms with Gasteiger partial charge in [0.2, 0.25) is 10.0 Å². The molecule has 0 amide bonds. The van der Waals surface area contributed by atoms with Crippen LogP contribution in [0.4, 0.5) is 0 Å². The molecule has 0 unspecified atom stereocenters. The van der Waals surface area contributed by atoms with Crippen molar-refractivity contribution in [2.75, 3.05) is 6.54 Å². The van der Waals surface area contributed by atoms with E-state index in [1.54, 1.807) is 0 Å². The first-order valence-corrected chi connectivity index (χ1v) is 8.53. The number of hydrogen-bond donors (Lipinski definition) is 2. The van der Waals surface area contributed by atoms with E-state index in [4.69, 9.17) is 5.11 Å². The molecule has 0 saturated heterocycles. The molecule has 2 N–H and O–H groups in total. The van der Waals surface area contributed by atoms with Crippen molar-refractivity contribution in [2.24, 2.45) is 5.41 Å². The number of nitrogens with one attached hydrogen (secondary N) is 1. The third kappa shape index (κ3) is 4.28. The number of carboxylic acids is 1. The van der Waals surface area contributed by atoms with Gasteiger partial charge in [-0.15, -0.1) is 0 Å². The van der Waals surface area contributed by atoms with Crippen molar-refractivity contribution in [3.8, 4) is 0 Å². The lowest BCUT2D eigenvalue weighted by Crippen LogP contribution is -2.36. The lowest BCUT2D eigenvalue weighted by Gasteiger charge is -2.33. The first-order valence-electron chi connectivity index (χ1n) is 7.05. The summed E-state index contributed by atoms with van der Waals surface area (Å²) < 4.78 is 28.1. The zero-order chi connectivity index (χ0) is 15.5. The number of sulfonamides is 1. The number of aliphatic carboxylic acids is 1. The Hall–Kier alpha value is -1.41. The highest BCUT2D eigenvalue weighted by Crippen LogP contribution is 2.35. The van der Waals surface area contributed by atoms with Gasteiger partial charge in [-0.25, -0.2) is 13.1 Å². The van der Waals surface area contributed by atoms with Gasteiger partial charge in [0.1, 0.15) is 11.4 Å². The second-order valence-corrected chi connectivity index (χ2v) is 7.73. The largest absolute Gasteiger partial charge is 0.480 e. The van der Waals surface area contributed by atoms with E-state index in [1.165, 1.54) is 18.8 Å². The fourth-order valence-corrected chi connectivity index (χ4v) is 3.79. The molecule has 1 aliphatic carbocycles. The Morgan fingerprint density at radius 2 is 2.10 bits per heavy atom. The van der Waals surface area contributed by atoms with Gasteiger partial charge in [-0.1, -0.05) is 26.2 Å². The second kappa shape index (κ2) is 6.15. The minimum Gasteiger partial charge on any atom is -0.480 e. The molecule has 2 rings (SSSR count). The monoisotopic (exact) mass is 315 g/mol. The van der Waals surface area contributed by atoms with Gasteiger partial charge in [0.15, 0.2) is 0 Å². The van der Waals surface area contributed by atoms with Crippen molar-refractivity contribution in [2.45, 2.75) is 50.5 Å². The van der Waals surface area contributed by atoms with Gasteiger partial charge in [0.05, 0.1) is 6.20 Å². The normalized spacial score (nSPS) is 18.5. The SMILES string of the molecule is CC1(CNS(=O)(=O)c2cnn(CC(=O)O)c2)CCCCC1. The van der Waals surface area contributed by atoms with E-state index >= 15 is 0 Å². The molecule has 0 atom stereocenters. The fraction of sp³-hybridized carbons (Fsp3) is 0.692. The lowest BCUT2D eigenvalue weighted by atomic mass is 9.76. The Labute approximate surface area is 124 Å². The first kappa shape index (κ1) is 16.0. The van der Waals surface area contributed by atoms with E-state index in [-0.39, 0.29) is 16.9 Å². The van der Waals surface area contributed by atoms with Crippen LogP contribution in [0.25, 0.3) is 0 Å². The Morgan fingerprint density at radius 1 is 1.43 bits per heavy atom. The second-order valence-electron chi connectivity index (χ2n) is 5.96. The highest BCUT2D eigenvalue weighted by atomic mass is 32.2. The van der Waals surface area contributed by atoms with E-state index in [2.05, 4.69) is 16.7 Å². The Bertz CT molecular complexity index is 603. The zero-order valence-electron chi connectivity index (χ0n) is 12.1. The van der Waals surface area contributed by atoms with E-state index in [1.807, 2.05) is 0 Å². The molecular formula is C13H21N3O4S. The van der Waals surface area contributed by atoms with Gasteiger partial charge in [0, 0.05) is 12.7 Å². The predicted molar refractivity (Wildman–Crippen MR) is 76.2 cm³/mol.